The van der Waals surface area contributed by atoms with Crippen LogP contribution in [0, 0.1) is 0 Å². The zero-order valence-corrected chi connectivity index (χ0v) is 16.4. The summed E-state index contributed by atoms with van der Waals surface area (Å²) in [7, 11) is 0. The second kappa shape index (κ2) is 8.27. The molecule has 0 spiro atoms. The maximum Gasteiger partial charge on any atom is 0.274 e. The summed E-state index contributed by atoms with van der Waals surface area (Å²) in [5.41, 5.74) is 5.09. The topological polar surface area (TPSA) is 62.3 Å². The van der Waals surface area contributed by atoms with Gasteiger partial charge in [-0.3, -0.25) is 14.6 Å². The summed E-state index contributed by atoms with van der Waals surface area (Å²) in [6.45, 7) is 3.34. The van der Waals surface area contributed by atoms with E-state index in [2.05, 4.69) is 29.4 Å². The molecule has 2 heterocycles. The summed E-state index contributed by atoms with van der Waals surface area (Å²) in [6, 6.07) is 19.1. The molecule has 146 valence electrons. The minimum atomic E-state index is -0.326. The van der Waals surface area contributed by atoms with Crippen molar-refractivity contribution in [3.8, 4) is 0 Å². The number of aromatic nitrogens is 1. The Balaban J connectivity index is 1.48. The van der Waals surface area contributed by atoms with Crippen LogP contribution in [0.3, 0.4) is 0 Å². The van der Waals surface area contributed by atoms with E-state index in [0.29, 0.717) is 24.3 Å². The fourth-order valence-corrected chi connectivity index (χ4v) is 3.56. The highest BCUT2D eigenvalue weighted by molar-refractivity contribution is 6.04. The van der Waals surface area contributed by atoms with Crippen molar-refractivity contribution in [1.29, 1.82) is 0 Å². The number of rotatable bonds is 4. The molecular weight excluding hydrogens is 362 g/mol. The van der Waals surface area contributed by atoms with Gasteiger partial charge in [0.2, 0.25) is 0 Å². The minimum Gasteiger partial charge on any atom is -0.334 e. The summed E-state index contributed by atoms with van der Waals surface area (Å²) in [5.74, 6) is -0.406. The van der Waals surface area contributed by atoms with E-state index < -0.39 is 0 Å². The van der Waals surface area contributed by atoms with Crippen LogP contribution in [0.15, 0.2) is 66.9 Å². The Bertz CT molecular complexity index is 1040. The number of nitrogens with zero attached hydrogens (tertiary/aromatic N) is 2. The number of carbonyl (C=O) groups is 2. The molecule has 0 radical (unpaired) electrons. The molecule has 2 aromatic carbocycles. The van der Waals surface area contributed by atoms with Crippen LogP contribution in [0.2, 0.25) is 0 Å². The molecular formula is C24H23N3O2. The van der Waals surface area contributed by atoms with Gasteiger partial charge in [-0.15, -0.1) is 0 Å². The molecule has 1 aromatic heterocycles. The van der Waals surface area contributed by atoms with E-state index in [-0.39, 0.29) is 17.5 Å². The molecule has 4 rings (SSSR count). The van der Waals surface area contributed by atoms with E-state index in [4.69, 9.17) is 0 Å². The monoisotopic (exact) mass is 385 g/mol. The van der Waals surface area contributed by atoms with Crippen molar-refractivity contribution in [2.24, 2.45) is 0 Å². The van der Waals surface area contributed by atoms with Crippen molar-refractivity contribution < 1.29 is 9.59 Å². The summed E-state index contributed by atoms with van der Waals surface area (Å²) < 4.78 is 0. The molecule has 5 nitrogen and oxygen atoms in total. The predicted molar refractivity (Wildman–Crippen MR) is 113 cm³/mol. The molecule has 0 saturated carbocycles. The number of fused-ring (bicyclic) bond motifs is 1. The maximum absolute atomic E-state index is 13.0. The molecule has 0 saturated heterocycles. The van der Waals surface area contributed by atoms with Crippen molar-refractivity contribution in [3.05, 3.63) is 94.8 Å². The number of benzene rings is 2. The highest BCUT2D eigenvalue weighted by Crippen LogP contribution is 2.20. The number of carbonyl (C=O) groups excluding carboxylic acids is 2. The van der Waals surface area contributed by atoms with Gasteiger partial charge < -0.3 is 10.2 Å². The van der Waals surface area contributed by atoms with Crippen LogP contribution < -0.4 is 5.32 Å². The number of amides is 2. The summed E-state index contributed by atoms with van der Waals surface area (Å²) in [6.07, 6.45) is 3.30. The summed E-state index contributed by atoms with van der Waals surface area (Å²) in [4.78, 5) is 31.5. The standard InChI is InChI=1S/C24H23N3O2/c1-2-17-7-9-21(10-8-17)26-23(28)22-15-19(11-13-25-22)24(29)27-14-12-18-5-3-4-6-20(18)16-27/h3-11,13,15H,2,12,14,16H2,1H3,(H,26,28). The van der Waals surface area contributed by atoms with Crippen LogP contribution in [0.25, 0.3) is 0 Å². The third-order valence-corrected chi connectivity index (χ3v) is 5.28. The number of hydrogen-bond donors (Lipinski definition) is 1. The Morgan fingerprint density at radius 2 is 1.79 bits per heavy atom. The van der Waals surface area contributed by atoms with E-state index in [9.17, 15) is 9.59 Å². The lowest BCUT2D eigenvalue weighted by molar-refractivity contribution is 0.0734. The van der Waals surface area contributed by atoms with Gasteiger partial charge in [0.1, 0.15) is 5.69 Å². The Kier molecular flexibility index (Phi) is 5.38. The first-order valence-corrected chi connectivity index (χ1v) is 9.86. The lowest BCUT2D eigenvalue weighted by Gasteiger charge is -2.29. The summed E-state index contributed by atoms with van der Waals surface area (Å²) >= 11 is 0. The van der Waals surface area contributed by atoms with Crippen molar-refractivity contribution in [2.75, 3.05) is 11.9 Å². The highest BCUT2D eigenvalue weighted by Gasteiger charge is 2.22. The quantitative estimate of drug-likeness (QED) is 0.736. The van der Waals surface area contributed by atoms with Gasteiger partial charge in [-0.05, 0) is 53.8 Å². The molecule has 0 fully saturated rings. The fraction of sp³-hybridized carbons (Fsp3) is 0.208. The Labute approximate surface area is 170 Å². The lowest BCUT2D eigenvalue weighted by atomic mass is 9.99. The molecule has 0 atom stereocenters. The zero-order valence-electron chi connectivity index (χ0n) is 16.4. The third-order valence-electron chi connectivity index (χ3n) is 5.28. The normalized spacial score (nSPS) is 12.9. The van der Waals surface area contributed by atoms with Crippen molar-refractivity contribution >= 4 is 17.5 Å². The van der Waals surface area contributed by atoms with Crippen LogP contribution in [0.1, 0.15) is 44.5 Å². The number of aryl methyl sites for hydroxylation is 1. The van der Waals surface area contributed by atoms with Gasteiger partial charge in [0.15, 0.2) is 0 Å². The third kappa shape index (κ3) is 4.19. The molecule has 0 aliphatic carbocycles. The number of anilines is 1. The molecule has 29 heavy (non-hydrogen) atoms. The number of nitrogens with one attached hydrogen (secondary N) is 1. The van der Waals surface area contributed by atoms with E-state index in [1.54, 1.807) is 12.1 Å². The fourth-order valence-electron chi connectivity index (χ4n) is 3.56. The van der Waals surface area contributed by atoms with E-state index in [0.717, 1.165) is 12.8 Å². The minimum absolute atomic E-state index is 0.0803. The lowest BCUT2D eigenvalue weighted by Crippen LogP contribution is -2.36. The van der Waals surface area contributed by atoms with E-state index in [1.165, 1.54) is 22.9 Å². The average molecular weight is 385 g/mol. The van der Waals surface area contributed by atoms with Crippen molar-refractivity contribution in [2.45, 2.75) is 26.3 Å². The van der Waals surface area contributed by atoms with Gasteiger partial charge in [0, 0.05) is 30.5 Å². The molecule has 3 aromatic rings. The smallest absolute Gasteiger partial charge is 0.274 e. The van der Waals surface area contributed by atoms with Crippen LogP contribution in [-0.4, -0.2) is 28.2 Å². The maximum atomic E-state index is 13.0. The molecule has 0 bridgehead atoms. The molecule has 1 aliphatic heterocycles. The second-order valence-electron chi connectivity index (χ2n) is 7.18. The van der Waals surface area contributed by atoms with Gasteiger partial charge in [-0.2, -0.15) is 0 Å². The predicted octanol–water partition coefficient (Wildman–Crippen LogP) is 4.09. The molecule has 1 N–H and O–H groups in total. The first kappa shape index (κ1) is 18.9. The van der Waals surface area contributed by atoms with Crippen LogP contribution in [0.4, 0.5) is 5.69 Å². The van der Waals surface area contributed by atoms with Crippen LogP contribution in [0.5, 0.6) is 0 Å². The largest absolute Gasteiger partial charge is 0.334 e. The average Bonchev–Trinajstić information content (AvgIpc) is 2.79. The van der Waals surface area contributed by atoms with Gasteiger partial charge in [0.25, 0.3) is 11.8 Å². The summed E-state index contributed by atoms with van der Waals surface area (Å²) in [5, 5.41) is 2.84. The molecule has 2 amide bonds. The number of pyridine rings is 1. The van der Waals surface area contributed by atoms with Gasteiger partial charge >= 0.3 is 0 Å². The van der Waals surface area contributed by atoms with Gasteiger partial charge in [-0.25, -0.2) is 0 Å². The van der Waals surface area contributed by atoms with Gasteiger partial charge in [0.05, 0.1) is 0 Å². The molecule has 0 unspecified atom stereocenters. The highest BCUT2D eigenvalue weighted by atomic mass is 16.2. The Hall–Kier alpha value is -3.47. The van der Waals surface area contributed by atoms with Crippen molar-refractivity contribution in [3.63, 3.8) is 0 Å². The van der Waals surface area contributed by atoms with Crippen LogP contribution in [-0.2, 0) is 19.4 Å². The second-order valence-corrected chi connectivity index (χ2v) is 7.18. The van der Waals surface area contributed by atoms with Crippen molar-refractivity contribution in [1.82, 2.24) is 9.88 Å². The molecule has 5 heteroatoms. The Morgan fingerprint density at radius 3 is 2.55 bits per heavy atom. The van der Waals surface area contributed by atoms with Gasteiger partial charge in [-0.1, -0.05) is 43.3 Å². The zero-order chi connectivity index (χ0) is 20.2. The number of hydrogen-bond acceptors (Lipinski definition) is 3. The van der Waals surface area contributed by atoms with E-state index >= 15 is 0 Å². The van der Waals surface area contributed by atoms with Crippen LogP contribution >= 0.6 is 0 Å². The van der Waals surface area contributed by atoms with E-state index in [1.807, 2.05) is 41.3 Å². The first-order valence-electron chi connectivity index (χ1n) is 9.86. The molecule has 1 aliphatic rings. The Morgan fingerprint density at radius 1 is 1.03 bits per heavy atom. The first-order chi connectivity index (χ1) is 14.1. The SMILES string of the molecule is CCc1ccc(NC(=O)c2cc(C(=O)N3CCc4ccccc4C3)ccn2)cc1.